The Bertz CT molecular complexity index is 794. The van der Waals surface area contributed by atoms with Gasteiger partial charge in [0, 0.05) is 34.0 Å². The molecule has 108 valence electrons. The molecule has 3 rings (SSSR count). The average molecular weight is 339 g/mol. The fourth-order valence-electron chi connectivity index (χ4n) is 2.20. The summed E-state index contributed by atoms with van der Waals surface area (Å²) < 4.78 is 0.617. The predicted octanol–water partition coefficient (Wildman–Crippen LogP) is 4.51. The van der Waals surface area contributed by atoms with Crippen molar-refractivity contribution in [3.05, 3.63) is 56.3 Å². The van der Waals surface area contributed by atoms with Crippen LogP contribution in [0.5, 0.6) is 0 Å². The molecular weight excluding hydrogens is 327 g/mol. The number of aromatic nitrogens is 1. The van der Waals surface area contributed by atoms with Crippen LogP contribution in [0.3, 0.4) is 0 Å². The van der Waals surface area contributed by atoms with Crippen LogP contribution in [0.4, 0.5) is 0 Å². The highest BCUT2D eigenvalue weighted by Gasteiger charge is 2.08. The van der Waals surface area contributed by atoms with Crippen LogP contribution in [-0.2, 0) is 6.42 Å². The molecule has 2 heterocycles. The van der Waals surface area contributed by atoms with Gasteiger partial charge in [-0.1, -0.05) is 23.2 Å². The highest BCUT2D eigenvalue weighted by atomic mass is 35.5. The van der Waals surface area contributed by atoms with Gasteiger partial charge in [0.1, 0.15) is 0 Å². The summed E-state index contributed by atoms with van der Waals surface area (Å²) in [5.41, 5.74) is 2.79. The minimum absolute atomic E-state index is 0.101. The lowest BCUT2D eigenvalue weighted by Gasteiger charge is -2.03. The zero-order valence-corrected chi connectivity index (χ0v) is 13.3. The summed E-state index contributed by atoms with van der Waals surface area (Å²) in [7, 11) is 0. The smallest absolute Gasteiger partial charge is 0.252 e. The molecule has 3 nitrogen and oxygen atoms in total. The van der Waals surface area contributed by atoms with Gasteiger partial charge in [0.2, 0.25) is 0 Å². The first kappa shape index (κ1) is 14.4. The van der Waals surface area contributed by atoms with Gasteiger partial charge in [0.15, 0.2) is 0 Å². The van der Waals surface area contributed by atoms with Gasteiger partial charge in [-0.3, -0.25) is 4.79 Å². The molecule has 0 spiro atoms. The van der Waals surface area contributed by atoms with Crippen LogP contribution in [0, 0.1) is 0 Å². The Kier molecular flexibility index (Phi) is 4.19. The van der Waals surface area contributed by atoms with Crippen molar-refractivity contribution in [2.75, 3.05) is 6.54 Å². The van der Waals surface area contributed by atoms with Crippen molar-refractivity contribution < 1.29 is 4.79 Å². The normalized spacial score (nSPS) is 11.0. The molecule has 0 aliphatic rings. The van der Waals surface area contributed by atoms with Crippen molar-refractivity contribution >= 4 is 51.3 Å². The molecule has 3 aromatic rings. The Balaban J connectivity index is 1.64. The van der Waals surface area contributed by atoms with Crippen molar-refractivity contribution in [1.82, 2.24) is 10.3 Å². The third kappa shape index (κ3) is 3.23. The van der Waals surface area contributed by atoms with Crippen LogP contribution in [0.2, 0.25) is 9.36 Å². The highest BCUT2D eigenvalue weighted by molar-refractivity contribution is 7.14. The van der Waals surface area contributed by atoms with Crippen molar-refractivity contribution in [1.29, 1.82) is 0 Å². The van der Waals surface area contributed by atoms with Crippen LogP contribution >= 0.6 is 34.5 Å². The van der Waals surface area contributed by atoms with Gasteiger partial charge < -0.3 is 10.3 Å². The summed E-state index contributed by atoms with van der Waals surface area (Å²) >= 11 is 13.2. The molecule has 0 saturated heterocycles. The topological polar surface area (TPSA) is 44.9 Å². The van der Waals surface area contributed by atoms with Crippen LogP contribution in [0.15, 0.2) is 35.8 Å². The molecular formula is C15H12Cl2N2OS. The lowest BCUT2D eigenvalue weighted by Crippen LogP contribution is -2.25. The van der Waals surface area contributed by atoms with Gasteiger partial charge in [-0.2, -0.15) is 0 Å². The second kappa shape index (κ2) is 6.10. The molecule has 1 amide bonds. The molecule has 0 radical (unpaired) electrons. The maximum atomic E-state index is 11.9. The van der Waals surface area contributed by atoms with E-state index in [2.05, 4.69) is 10.3 Å². The highest BCUT2D eigenvalue weighted by Crippen LogP contribution is 2.23. The maximum absolute atomic E-state index is 11.9. The number of rotatable bonds is 4. The van der Waals surface area contributed by atoms with Crippen LogP contribution < -0.4 is 5.32 Å². The van der Waals surface area contributed by atoms with E-state index in [1.165, 1.54) is 11.3 Å². The summed E-state index contributed by atoms with van der Waals surface area (Å²) in [6.45, 7) is 0.561. The zero-order chi connectivity index (χ0) is 14.8. The number of nitrogens with one attached hydrogen (secondary N) is 2. The number of amides is 1. The van der Waals surface area contributed by atoms with Crippen molar-refractivity contribution in [3.8, 4) is 0 Å². The number of hydrogen-bond acceptors (Lipinski definition) is 2. The number of H-pyrrole nitrogens is 1. The van der Waals surface area contributed by atoms with E-state index in [1.807, 2.05) is 24.4 Å². The van der Waals surface area contributed by atoms with E-state index in [0.29, 0.717) is 21.5 Å². The van der Waals surface area contributed by atoms with Gasteiger partial charge in [-0.25, -0.2) is 0 Å². The molecule has 0 bridgehead atoms. The van der Waals surface area contributed by atoms with Gasteiger partial charge in [0.05, 0.1) is 9.90 Å². The Morgan fingerprint density at radius 1 is 1.29 bits per heavy atom. The van der Waals surface area contributed by atoms with E-state index < -0.39 is 0 Å². The molecule has 0 aliphatic heterocycles. The van der Waals surface area contributed by atoms with E-state index in [0.717, 1.165) is 22.9 Å². The molecule has 2 aromatic heterocycles. The molecule has 1 aromatic carbocycles. The lowest BCUT2D eigenvalue weighted by molar-refractivity contribution is 0.0954. The van der Waals surface area contributed by atoms with Crippen LogP contribution in [0.25, 0.3) is 10.9 Å². The minimum Gasteiger partial charge on any atom is -0.361 e. The second-order valence-corrected chi connectivity index (χ2v) is 6.63. The SMILES string of the molecule is O=C(NCCc1c[nH]c2ccc(Cl)cc12)c1csc(Cl)c1. The maximum Gasteiger partial charge on any atom is 0.252 e. The number of aromatic amines is 1. The number of fused-ring (bicyclic) bond motifs is 1. The van der Waals surface area contributed by atoms with Crippen LogP contribution in [-0.4, -0.2) is 17.4 Å². The summed E-state index contributed by atoms with van der Waals surface area (Å²) in [6, 6.07) is 7.41. The molecule has 2 N–H and O–H groups in total. The van der Waals surface area contributed by atoms with E-state index in [-0.39, 0.29) is 5.91 Å². The third-order valence-electron chi connectivity index (χ3n) is 3.24. The second-order valence-electron chi connectivity index (χ2n) is 4.65. The van der Waals surface area contributed by atoms with E-state index >= 15 is 0 Å². The monoisotopic (exact) mass is 338 g/mol. The molecule has 0 unspecified atom stereocenters. The standard InChI is InChI=1S/C15H12Cl2N2OS/c16-11-1-2-13-12(6-11)9(7-19-13)3-4-18-15(20)10-5-14(17)21-8-10/h1-2,5-8,19H,3-4H2,(H,18,20). The summed E-state index contributed by atoms with van der Waals surface area (Å²) in [5.74, 6) is -0.101. The Hall–Kier alpha value is -1.49. The number of thiophene rings is 1. The first-order chi connectivity index (χ1) is 10.1. The molecule has 0 aliphatic carbocycles. The Labute approximate surface area is 135 Å². The quantitative estimate of drug-likeness (QED) is 0.722. The van der Waals surface area contributed by atoms with E-state index in [4.69, 9.17) is 23.2 Å². The molecule has 0 saturated carbocycles. The van der Waals surface area contributed by atoms with Gasteiger partial charge in [-0.15, -0.1) is 11.3 Å². The van der Waals surface area contributed by atoms with E-state index in [9.17, 15) is 4.79 Å². The van der Waals surface area contributed by atoms with Gasteiger partial charge >= 0.3 is 0 Å². The number of benzene rings is 1. The fourth-order valence-corrected chi connectivity index (χ4v) is 3.23. The van der Waals surface area contributed by atoms with Gasteiger partial charge in [-0.05, 0) is 36.2 Å². The molecule has 0 fully saturated rings. The fraction of sp³-hybridized carbons (Fsp3) is 0.133. The number of hydrogen-bond donors (Lipinski definition) is 2. The first-order valence-electron chi connectivity index (χ1n) is 6.41. The zero-order valence-electron chi connectivity index (χ0n) is 11.0. The molecule has 6 heteroatoms. The largest absolute Gasteiger partial charge is 0.361 e. The molecule has 0 atom stereocenters. The summed E-state index contributed by atoms with van der Waals surface area (Å²) in [6.07, 6.45) is 2.69. The van der Waals surface area contributed by atoms with E-state index in [1.54, 1.807) is 11.4 Å². The van der Waals surface area contributed by atoms with Crippen molar-refractivity contribution in [2.24, 2.45) is 0 Å². The first-order valence-corrected chi connectivity index (χ1v) is 8.05. The Morgan fingerprint density at radius 2 is 2.14 bits per heavy atom. The van der Waals surface area contributed by atoms with Gasteiger partial charge in [0.25, 0.3) is 5.91 Å². The number of halogens is 2. The number of carbonyl (C=O) groups excluding carboxylic acids is 1. The minimum atomic E-state index is -0.101. The lowest BCUT2D eigenvalue weighted by atomic mass is 10.1. The summed E-state index contributed by atoms with van der Waals surface area (Å²) in [5, 5.41) is 6.45. The van der Waals surface area contributed by atoms with Crippen LogP contribution in [0.1, 0.15) is 15.9 Å². The van der Waals surface area contributed by atoms with Crippen molar-refractivity contribution in [3.63, 3.8) is 0 Å². The average Bonchev–Trinajstić information content (AvgIpc) is 3.05. The number of carbonyl (C=O) groups is 1. The predicted molar refractivity (Wildman–Crippen MR) is 88.7 cm³/mol. The Morgan fingerprint density at radius 3 is 2.90 bits per heavy atom. The molecule has 21 heavy (non-hydrogen) atoms. The third-order valence-corrected chi connectivity index (χ3v) is 4.57. The van der Waals surface area contributed by atoms with Crippen molar-refractivity contribution in [2.45, 2.75) is 6.42 Å². The summed E-state index contributed by atoms with van der Waals surface area (Å²) in [4.78, 5) is 15.1.